The molecule has 6 heteroatoms. The topological polar surface area (TPSA) is 81.7 Å². The number of carbonyl (C=O) groups is 3. The van der Waals surface area contributed by atoms with Crippen molar-refractivity contribution in [2.24, 2.45) is 17.8 Å². The van der Waals surface area contributed by atoms with Crippen LogP contribution >= 0.6 is 0 Å². The van der Waals surface area contributed by atoms with E-state index >= 15 is 0 Å². The SMILES string of the molecule is CCCCCCCCCCC[C@@H](C[C@@H]1OC(=O)[C@H]1CC[13CH2][13CH2][13CH]([13CH3])[13CH3])O[13C](=O)[13C@H]([13CH2][13CH]([13CH3])[13CH3])NC=O. The van der Waals surface area contributed by atoms with Gasteiger partial charge in [-0.05, 0) is 37.5 Å². The van der Waals surface area contributed by atoms with E-state index in [1.165, 1.54) is 51.4 Å². The zero-order chi connectivity index (χ0) is 26.8. The first-order valence-electron chi connectivity index (χ1n) is 14.9. The standard InChI is InChI=1S/C30H55NO5/c1-6-7-8-9-10-11-12-13-14-18-25(35-30(34)27(31-22-32)20-24(4)5)21-28-26(29(33)36-28)19-16-15-17-23(2)3/h22-28H,6-21H2,1-5H3,(H,31,32)/t25-,26-,27-,28-/m0/s1/i2+1,3+1,4+1,5+1,15+1,17+1,20+1,23+1,24+1,27+1,30+1. The van der Waals surface area contributed by atoms with Gasteiger partial charge < -0.3 is 14.8 Å². The molecule has 0 aliphatic carbocycles. The van der Waals surface area contributed by atoms with Crippen molar-refractivity contribution in [3.63, 3.8) is 0 Å². The molecule has 0 aromatic heterocycles. The van der Waals surface area contributed by atoms with Gasteiger partial charge in [-0.3, -0.25) is 9.59 Å². The molecule has 0 spiro atoms. The summed E-state index contributed by atoms with van der Waals surface area (Å²) in [6.45, 7) is 10.7. The highest BCUT2D eigenvalue weighted by Crippen LogP contribution is 2.33. The van der Waals surface area contributed by atoms with E-state index in [9.17, 15) is 14.4 Å². The van der Waals surface area contributed by atoms with Crippen LogP contribution in [0.1, 0.15) is 137 Å². The Balaban J connectivity index is 2.59. The van der Waals surface area contributed by atoms with E-state index in [2.05, 4.69) is 26.1 Å². The van der Waals surface area contributed by atoms with Crippen LogP contribution in [-0.2, 0) is 23.9 Å². The van der Waals surface area contributed by atoms with Crippen molar-refractivity contribution in [1.82, 2.24) is 5.32 Å². The Labute approximate surface area is 221 Å². The summed E-state index contributed by atoms with van der Waals surface area (Å²) in [5.74, 6) is 0.358. The third-order valence-electron chi connectivity index (χ3n) is 7.23. The lowest BCUT2D eigenvalue weighted by Crippen LogP contribution is -2.48. The molecule has 6 nitrogen and oxygen atoms in total. The lowest BCUT2D eigenvalue weighted by atomic mass is 9.88. The Bertz CT molecular complexity index is 606. The Hall–Kier alpha value is -1.59. The molecule has 1 aliphatic heterocycles. The van der Waals surface area contributed by atoms with Gasteiger partial charge in [0.2, 0.25) is 6.41 Å². The van der Waals surface area contributed by atoms with Gasteiger partial charge >= 0.3 is 11.9 Å². The first-order chi connectivity index (χ1) is 17.3. The molecule has 1 saturated heterocycles. The van der Waals surface area contributed by atoms with Crippen LogP contribution < -0.4 is 5.32 Å². The van der Waals surface area contributed by atoms with Crippen molar-refractivity contribution in [3.8, 4) is 0 Å². The summed E-state index contributed by atoms with van der Waals surface area (Å²) in [6, 6.07) is -0.635. The number of amides is 1. The number of carbonyl (C=O) groups excluding carboxylic acids is 3. The molecule has 36 heavy (non-hydrogen) atoms. The second-order valence-electron chi connectivity index (χ2n) is 11.6. The Morgan fingerprint density at radius 1 is 0.917 bits per heavy atom. The molecule has 1 N–H and O–H groups in total. The first-order valence-corrected chi connectivity index (χ1v) is 14.9. The molecule has 1 heterocycles. The monoisotopic (exact) mass is 520 g/mol. The van der Waals surface area contributed by atoms with Crippen LogP contribution in [-0.4, -0.2) is 36.6 Å². The van der Waals surface area contributed by atoms with E-state index < -0.39 is 6.04 Å². The van der Waals surface area contributed by atoms with Crippen LogP contribution in [0.3, 0.4) is 0 Å². The fourth-order valence-corrected chi connectivity index (χ4v) is 5.03. The number of cyclic esters (lactones) is 1. The largest absolute Gasteiger partial charge is 0.461 e. The second-order valence-corrected chi connectivity index (χ2v) is 11.6. The number of hydrogen-bond acceptors (Lipinski definition) is 5. The van der Waals surface area contributed by atoms with Crippen molar-refractivity contribution in [2.45, 2.75) is 156 Å². The molecular formula is C30H55NO5. The maximum atomic E-state index is 12.9. The minimum absolute atomic E-state index is 0.0824. The summed E-state index contributed by atoms with van der Waals surface area (Å²) >= 11 is 0. The molecule has 0 aromatic rings. The average Bonchev–Trinajstić information content (AvgIpc) is 2.81. The summed E-state index contributed by atoms with van der Waals surface area (Å²) in [5.41, 5.74) is 0. The molecule has 1 fully saturated rings. The number of hydrogen-bond donors (Lipinski definition) is 1. The summed E-state index contributed by atoms with van der Waals surface area (Å²) in [4.78, 5) is 36.1. The fraction of sp³-hybridized carbons (Fsp3) is 0.900. The highest BCUT2D eigenvalue weighted by Gasteiger charge is 2.43. The van der Waals surface area contributed by atoms with E-state index in [4.69, 9.17) is 9.47 Å². The molecule has 4 atom stereocenters. The number of ether oxygens (including phenoxy) is 2. The normalized spacial score (nSPS) is 19.0. The molecule has 1 amide bonds. The number of rotatable bonds is 23. The van der Waals surface area contributed by atoms with Crippen LogP contribution in [0, 0.1) is 17.8 Å². The molecule has 0 saturated carbocycles. The molecule has 0 bridgehead atoms. The summed E-state index contributed by atoms with van der Waals surface area (Å²) < 4.78 is 11.4. The smallest absolute Gasteiger partial charge is 0.328 e. The van der Waals surface area contributed by atoms with Gasteiger partial charge in [0.25, 0.3) is 0 Å². The van der Waals surface area contributed by atoms with Crippen LogP contribution in [0.2, 0.25) is 0 Å². The minimum atomic E-state index is -0.635. The zero-order valence-electron chi connectivity index (χ0n) is 23.9. The van der Waals surface area contributed by atoms with E-state index in [-0.39, 0.29) is 36.0 Å². The lowest BCUT2D eigenvalue weighted by Gasteiger charge is -2.37. The van der Waals surface area contributed by atoms with Gasteiger partial charge in [-0.15, -0.1) is 0 Å². The van der Waals surface area contributed by atoms with Gasteiger partial charge in [0.1, 0.15) is 18.2 Å². The fourth-order valence-electron chi connectivity index (χ4n) is 5.03. The van der Waals surface area contributed by atoms with Crippen molar-refractivity contribution in [1.29, 1.82) is 0 Å². The summed E-state index contributed by atoms with van der Waals surface area (Å²) in [5, 5.41) is 2.62. The minimum Gasteiger partial charge on any atom is -0.461 e. The van der Waals surface area contributed by atoms with Crippen LogP contribution in [0.5, 0.6) is 0 Å². The second kappa shape index (κ2) is 19.5. The summed E-state index contributed by atoms with van der Waals surface area (Å²) in [7, 11) is 0. The van der Waals surface area contributed by atoms with Crippen molar-refractivity contribution in [3.05, 3.63) is 0 Å². The van der Waals surface area contributed by atoms with Crippen molar-refractivity contribution >= 4 is 18.3 Å². The van der Waals surface area contributed by atoms with E-state index in [0.717, 1.165) is 38.5 Å². The number of unbranched alkanes of at least 4 members (excludes halogenated alkanes) is 9. The van der Waals surface area contributed by atoms with E-state index in [1.807, 2.05) is 13.8 Å². The third-order valence-corrected chi connectivity index (χ3v) is 7.23. The Morgan fingerprint density at radius 2 is 1.53 bits per heavy atom. The Kier molecular flexibility index (Phi) is 17.6. The van der Waals surface area contributed by atoms with Gasteiger partial charge in [-0.25, -0.2) is 4.79 Å². The molecular weight excluding hydrogens is 465 g/mol. The highest BCUT2D eigenvalue weighted by atomic mass is 16.6. The predicted octanol–water partition coefficient (Wildman–Crippen LogP) is 7.13. The lowest BCUT2D eigenvalue weighted by molar-refractivity contribution is -0.190. The molecule has 0 radical (unpaired) electrons. The van der Waals surface area contributed by atoms with Gasteiger partial charge in [-0.2, -0.15) is 0 Å². The zero-order valence-corrected chi connectivity index (χ0v) is 23.9. The molecule has 210 valence electrons. The number of esters is 2. The van der Waals surface area contributed by atoms with Gasteiger partial charge in [0, 0.05) is 6.42 Å². The quantitative estimate of drug-likeness (QED) is 0.0671. The summed E-state index contributed by atoms with van der Waals surface area (Å²) in [6.07, 6.45) is 17.3. The maximum Gasteiger partial charge on any atom is 0.328 e. The van der Waals surface area contributed by atoms with E-state index in [1.54, 1.807) is 0 Å². The van der Waals surface area contributed by atoms with Crippen LogP contribution in [0.15, 0.2) is 0 Å². The number of nitrogens with one attached hydrogen (secondary N) is 1. The molecule has 1 aliphatic rings. The maximum absolute atomic E-state index is 12.9. The third kappa shape index (κ3) is 14.2. The average molecular weight is 521 g/mol. The van der Waals surface area contributed by atoms with Gasteiger partial charge in [-0.1, -0.05) is 105 Å². The highest BCUT2D eigenvalue weighted by molar-refractivity contribution is 5.79. The van der Waals surface area contributed by atoms with Crippen molar-refractivity contribution < 1.29 is 23.9 Å². The molecule has 0 aromatic carbocycles. The first kappa shape index (κ1) is 32.4. The Morgan fingerprint density at radius 3 is 2.08 bits per heavy atom. The van der Waals surface area contributed by atoms with Crippen LogP contribution in [0.4, 0.5) is 0 Å². The van der Waals surface area contributed by atoms with E-state index in [0.29, 0.717) is 25.2 Å². The van der Waals surface area contributed by atoms with Crippen LogP contribution in [0.25, 0.3) is 0 Å². The molecule has 0 unspecified atom stereocenters. The van der Waals surface area contributed by atoms with Crippen molar-refractivity contribution in [2.75, 3.05) is 0 Å². The van der Waals surface area contributed by atoms with Gasteiger partial charge in [0.15, 0.2) is 0 Å². The predicted molar refractivity (Wildman–Crippen MR) is 145 cm³/mol. The molecule has 1 rings (SSSR count). The van der Waals surface area contributed by atoms with Gasteiger partial charge in [0.05, 0.1) is 5.92 Å².